The van der Waals surface area contributed by atoms with Crippen molar-refractivity contribution in [3.05, 3.63) is 41.2 Å². The highest BCUT2D eigenvalue weighted by Gasteiger charge is 1.99. The van der Waals surface area contributed by atoms with Crippen LogP contribution in [-0.4, -0.2) is 12.2 Å². The zero-order chi connectivity index (χ0) is 11.3. The van der Waals surface area contributed by atoms with Crippen LogP contribution in [0.5, 0.6) is 0 Å². The number of carbonyl (C=O) groups is 2. The van der Waals surface area contributed by atoms with E-state index in [1.807, 2.05) is 0 Å². The summed E-state index contributed by atoms with van der Waals surface area (Å²) in [5.74, 6) is -0.931. The van der Waals surface area contributed by atoms with Gasteiger partial charge in [0.25, 0.3) is 0 Å². The summed E-state index contributed by atoms with van der Waals surface area (Å²) in [6.07, 6.45) is 3.55. The maximum Gasteiger partial charge on any atom is 0.221 e. The van der Waals surface area contributed by atoms with E-state index in [9.17, 15) is 14.0 Å². The summed E-state index contributed by atoms with van der Waals surface area (Å²) in [5.41, 5.74) is 5.56. The predicted molar refractivity (Wildman–Crippen MR) is 54.6 cm³/mol. The van der Waals surface area contributed by atoms with E-state index in [-0.39, 0.29) is 12.0 Å². The van der Waals surface area contributed by atoms with Crippen LogP contribution in [-0.2, 0) is 4.79 Å². The summed E-state index contributed by atoms with van der Waals surface area (Å²) < 4.78 is 13.1. The minimum atomic E-state index is -0.488. The lowest BCUT2D eigenvalue weighted by Gasteiger charge is -1.97. The average molecular weight is 207 g/mol. The molecule has 3 nitrogen and oxygen atoms in total. The van der Waals surface area contributed by atoms with E-state index in [4.69, 9.17) is 5.73 Å². The van der Waals surface area contributed by atoms with Crippen LogP contribution in [0.4, 0.5) is 4.39 Å². The lowest BCUT2D eigenvalue weighted by Crippen LogP contribution is -2.07. The van der Waals surface area contributed by atoms with Crippen LogP contribution in [0.25, 0.3) is 6.08 Å². The normalized spacial score (nSPS) is 10.5. The molecule has 0 radical (unpaired) electrons. The number of benzene rings is 1. The topological polar surface area (TPSA) is 60.2 Å². The number of amides is 1. The van der Waals surface area contributed by atoms with Gasteiger partial charge >= 0.3 is 0 Å². The van der Waals surface area contributed by atoms with Crippen molar-refractivity contribution >= 4 is 18.3 Å². The van der Waals surface area contributed by atoms with Gasteiger partial charge in [0.1, 0.15) is 12.1 Å². The first-order valence-electron chi connectivity index (χ1n) is 4.33. The smallest absolute Gasteiger partial charge is 0.221 e. The molecule has 15 heavy (non-hydrogen) atoms. The van der Waals surface area contributed by atoms with Crippen molar-refractivity contribution in [1.82, 2.24) is 0 Å². The summed E-state index contributed by atoms with van der Waals surface area (Å²) in [4.78, 5) is 20.8. The van der Waals surface area contributed by atoms with E-state index in [0.717, 1.165) is 0 Å². The molecule has 1 rings (SSSR count). The maximum absolute atomic E-state index is 13.1. The van der Waals surface area contributed by atoms with Crippen LogP contribution >= 0.6 is 0 Å². The van der Waals surface area contributed by atoms with Gasteiger partial charge in [-0.05, 0) is 18.2 Å². The monoisotopic (exact) mass is 207 g/mol. The predicted octanol–water partition coefficient (Wildman–Crippen LogP) is 1.53. The summed E-state index contributed by atoms with van der Waals surface area (Å²) in [7, 11) is 0. The van der Waals surface area contributed by atoms with Crippen molar-refractivity contribution in [1.29, 1.82) is 0 Å². The number of hydrogen-bond acceptors (Lipinski definition) is 2. The summed E-state index contributed by atoms with van der Waals surface area (Å²) in [6, 6.07) is 3.99. The Hall–Kier alpha value is -1.97. The minimum Gasteiger partial charge on any atom is -0.369 e. The molecule has 0 aliphatic heterocycles. The Morgan fingerprint density at radius 2 is 2.20 bits per heavy atom. The first-order chi connectivity index (χ1) is 7.13. The molecule has 4 heteroatoms. The van der Waals surface area contributed by atoms with Gasteiger partial charge in [-0.2, -0.15) is 0 Å². The third-order valence-corrected chi connectivity index (χ3v) is 1.77. The first kappa shape index (κ1) is 11.1. The van der Waals surface area contributed by atoms with Gasteiger partial charge in [0, 0.05) is 17.5 Å². The van der Waals surface area contributed by atoms with Gasteiger partial charge in [0.05, 0.1) is 0 Å². The number of nitrogens with two attached hydrogens (primary N) is 1. The van der Waals surface area contributed by atoms with Crippen LogP contribution in [0.1, 0.15) is 22.3 Å². The summed E-state index contributed by atoms with van der Waals surface area (Å²) >= 11 is 0. The molecule has 0 aromatic heterocycles. The molecule has 78 valence electrons. The molecule has 0 bridgehead atoms. The van der Waals surface area contributed by atoms with Gasteiger partial charge in [-0.3, -0.25) is 9.59 Å². The van der Waals surface area contributed by atoms with Crippen molar-refractivity contribution in [2.24, 2.45) is 5.73 Å². The van der Waals surface area contributed by atoms with Gasteiger partial charge in [0.2, 0.25) is 5.91 Å². The SMILES string of the molecule is NC(=O)CC=Cc1cc(C=O)ccc1F. The molecule has 0 aliphatic carbocycles. The Morgan fingerprint density at radius 3 is 2.80 bits per heavy atom. The fourth-order valence-electron chi connectivity index (χ4n) is 1.07. The molecule has 1 aromatic carbocycles. The van der Waals surface area contributed by atoms with Crippen molar-refractivity contribution < 1.29 is 14.0 Å². The molecule has 0 aliphatic rings. The maximum atomic E-state index is 13.1. The Bertz CT molecular complexity index is 413. The average Bonchev–Trinajstić information content (AvgIpc) is 2.20. The zero-order valence-electron chi connectivity index (χ0n) is 7.94. The van der Waals surface area contributed by atoms with Crippen LogP contribution in [0, 0.1) is 5.82 Å². The molecular formula is C11H10FNO2. The highest BCUT2D eigenvalue weighted by molar-refractivity contribution is 5.78. The second-order valence-corrected chi connectivity index (χ2v) is 2.97. The first-order valence-corrected chi connectivity index (χ1v) is 4.33. The fraction of sp³-hybridized carbons (Fsp3) is 0.0909. The van der Waals surface area contributed by atoms with Gasteiger partial charge in [0.15, 0.2) is 0 Å². The van der Waals surface area contributed by atoms with Crippen molar-refractivity contribution in [2.45, 2.75) is 6.42 Å². The zero-order valence-corrected chi connectivity index (χ0v) is 7.94. The number of halogens is 1. The Balaban J connectivity index is 2.88. The van der Waals surface area contributed by atoms with Crippen LogP contribution in [0.3, 0.4) is 0 Å². The standard InChI is InChI=1S/C11H10FNO2/c12-10-5-4-8(7-14)6-9(10)2-1-3-11(13)15/h1-2,4-7H,3H2,(H2,13,15). The molecule has 0 atom stereocenters. The fourth-order valence-corrected chi connectivity index (χ4v) is 1.07. The van der Waals surface area contributed by atoms with E-state index in [1.54, 1.807) is 0 Å². The largest absolute Gasteiger partial charge is 0.369 e. The van der Waals surface area contributed by atoms with E-state index in [1.165, 1.54) is 30.4 Å². The van der Waals surface area contributed by atoms with Crippen LogP contribution < -0.4 is 5.73 Å². The molecule has 0 unspecified atom stereocenters. The van der Waals surface area contributed by atoms with Gasteiger partial charge in [-0.15, -0.1) is 0 Å². The molecule has 1 aromatic rings. The third kappa shape index (κ3) is 3.34. The summed E-state index contributed by atoms with van der Waals surface area (Å²) in [5, 5.41) is 0. The quantitative estimate of drug-likeness (QED) is 0.761. The lowest BCUT2D eigenvalue weighted by molar-refractivity contribution is -0.117. The molecule has 0 heterocycles. The molecule has 2 N–H and O–H groups in total. The number of carbonyl (C=O) groups excluding carboxylic acids is 2. The van der Waals surface area contributed by atoms with E-state index >= 15 is 0 Å². The highest BCUT2D eigenvalue weighted by atomic mass is 19.1. The van der Waals surface area contributed by atoms with E-state index < -0.39 is 11.7 Å². The van der Waals surface area contributed by atoms with Crippen molar-refractivity contribution in [2.75, 3.05) is 0 Å². The number of aldehydes is 1. The second kappa shape index (κ2) is 5.05. The van der Waals surface area contributed by atoms with E-state index in [0.29, 0.717) is 11.8 Å². The Morgan fingerprint density at radius 1 is 1.47 bits per heavy atom. The summed E-state index contributed by atoms with van der Waals surface area (Å²) in [6.45, 7) is 0. The molecule has 0 saturated carbocycles. The Labute approximate surface area is 86.4 Å². The molecule has 0 spiro atoms. The highest BCUT2D eigenvalue weighted by Crippen LogP contribution is 2.11. The van der Waals surface area contributed by atoms with Crippen LogP contribution in [0.2, 0.25) is 0 Å². The van der Waals surface area contributed by atoms with Crippen molar-refractivity contribution in [3.63, 3.8) is 0 Å². The van der Waals surface area contributed by atoms with Gasteiger partial charge in [-0.1, -0.05) is 12.2 Å². The second-order valence-electron chi connectivity index (χ2n) is 2.97. The Kier molecular flexibility index (Phi) is 3.74. The minimum absolute atomic E-state index is 0.0464. The third-order valence-electron chi connectivity index (χ3n) is 1.77. The van der Waals surface area contributed by atoms with Gasteiger partial charge in [-0.25, -0.2) is 4.39 Å². The van der Waals surface area contributed by atoms with Crippen molar-refractivity contribution in [3.8, 4) is 0 Å². The number of rotatable bonds is 4. The van der Waals surface area contributed by atoms with Crippen LogP contribution in [0.15, 0.2) is 24.3 Å². The number of hydrogen-bond donors (Lipinski definition) is 1. The van der Waals surface area contributed by atoms with Gasteiger partial charge < -0.3 is 5.73 Å². The van der Waals surface area contributed by atoms with E-state index in [2.05, 4.69) is 0 Å². The lowest BCUT2D eigenvalue weighted by atomic mass is 10.1. The molecule has 0 fully saturated rings. The molecule has 0 saturated heterocycles. The molecule has 1 amide bonds. The number of primary amides is 1. The molecular weight excluding hydrogens is 197 g/mol.